The van der Waals surface area contributed by atoms with Crippen LogP contribution >= 0.6 is 11.6 Å². The molecule has 196 valence electrons. The van der Waals surface area contributed by atoms with Crippen LogP contribution in [0.3, 0.4) is 0 Å². The minimum atomic E-state index is -4.20. The number of nitrogens with one attached hydrogen (secondary N) is 1. The second-order valence-electron chi connectivity index (χ2n) is 9.17. The van der Waals surface area contributed by atoms with Crippen LogP contribution in [0.15, 0.2) is 24.4 Å². The molecule has 4 heterocycles. The van der Waals surface area contributed by atoms with E-state index >= 15 is 0 Å². The highest BCUT2D eigenvalue weighted by molar-refractivity contribution is 6.36. The molecule has 0 bridgehead atoms. The van der Waals surface area contributed by atoms with Crippen molar-refractivity contribution in [1.82, 2.24) is 29.4 Å². The summed E-state index contributed by atoms with van der Waals surface area (Å²) in [6.45, 7) is 4.05. The molecule has 1 unspecified atom stereocenters. The first-order valence-electron chi connectivity index (χ1n) is 11.7. The Kier molecular flexibility index (Phi) is 6.20. The second-order valence-corrected chi connectivity index (χ2v) is 9.55. The molecule has 37 heavy (non-hydrogen) atoms. The van der Waals surface area contributed by atoms with Gasteiger partial charge in [-0.05, 0) is 44.5 Å². The fourth-order valence-electron chi connectivity index (χ4n) is 4.94. The summed E-state index contributed by atoms with van der Waals surface area (Å²) in [5, 5.41) is 16.2. The number of methoxy groups -OCH3 is 1. The van der Waals surface area contributed by atoms with E-state index in [2.05, 4.69) is 20.3 Å². The molecule has 0 saturated carbocycles. The van der Waals surface area contributed by atoms with Crippen LogP contribution < -0.4 is 10.1 Å². The van der Waals surface area contributed by atoms with Crippen molar-refractivity contribution in [3.63, 3.8) is 0 Å². The number of ether oxygens (including phenoxy) is 1. The number of fused-ring (bicyclic) bond motifs is 4. The van der Waals surface area contributed by atoms with Gasteiger partial charge >= 0.3 is 6.18 Å². The highest BCUT2D eigenvalue weighted by Gasteiger charge is 2.49. The van der Waals surface area contributed by atoms with Gasteiger partial charge < -0.3 is 19.7 Å². The molecule has 0 radical (unpaired) electrons. The first kappa shape index (κ1) is 25.5. The van der Waals surface area contributed by atoms with Crippen molar-refractivity contribution in [2.75, 3.05) is 13.7 Å². The minimum Gasteiger partial charge on any atom is -0.481 e. The number of halogens is 4. The van der Waals surface area contributed by atoms with Crippen molar-refractivity contribution >= 4 is 22.5 Å². The molecule has 2 N–H and O–H groups in total. The third kappa shape index (κ3) is 4.05. The standard InChI is InChI=1S/C25H26ClF3N6O2/c1-13-31-12-19-25(36,21-22(35(13)19)32-14(2)34(21)3)15-6-7-18-16(10-15)20(26)17(23(33-18)37-4)11-30-9-5-8-24(27,28)29/h6-7,10,12,30,36H,5,8-9,11H2,1-4H3. The van der Waals surface area contributed by atoms with Crippen molar-refractivity contribution in [3.8, 4) is 11.7 Å². The van der Waals surface area contributed by atoms with Crippen molar-refractivity contribution in [2.24, 2.45) is 7.05 Å². The molecule has 1 aliphatic heterocycles. The number of hydrogen-bond acceptors (Lipinski definition) is 6. The minimum absolute atomic E-state index is 0.0544. The molecule has 0 saturated heterocycles. The fourth-order valence-corrected chi connectivity index (χ4v) is 5.24. The van der Waals surface area contributed by atoms with Gasteiger partial charge in [-0.25, -0.2) is 15.0 Å². The Morgan fingerprint density at radius 3 is 2.65 bits per heavy atom. The number of benzene rings is 1. The highest BCUT2D eigenvalue weighted by atomic mass is 35.5. The zero-order chi connectivity index (χ0) is 26.7. The van der Waals surface area contributed by atoms with E-state index < -0.39 is 18.2 Å². The number of nitrogens with zero attached hydrogens (tertiary/aromatic N) is 5. The summed E-state index contributed by atoms with van der Waals surface area (Å²) < 4.78 is 46.5. The molecular weight excluding hydrogens is 509 g/mol. The predicted octanol–water partition coefficient (Wildman–Crippen LogP) is 4.46. The van der Waals surface area contributed by atoms with Gasteiger partial charge in [0.2, 0.25) is 5.88 Å². The van der Waals surface area contributed by atoms with Crippen LogP contribution in [-0.4, -0.2) is 49.0 Å². The van der Waals surface area contributed by atoms with E-state index in [0.29, 0.717) is 50.1 Å². The molecule has 1 aliphatic rings. The van der Waals surface area contributed by atoms with E-state index in [-0.39, 0.29) is 25.4 Å². The molecule has 8 nitrogen and oxygen atoms in total. The summed E-state index contributed by atoms with van der Waals surface area (Å²) in [5.74, 6) is 2.35. The summed E-state index contributed by atoms with van der Waals surface area (Å²) in [5.41, 5.74) is 1.29. The molecule has 3 aromatic heterocycles. The Morgan fingerprint density at radius 1 is 1.19 bits per heavy atom. The first-order chi connectivity index (χ1) is 17.5. The van der Waals surface area contributed by atoms with E-state index in [0.717, 1.165) is 5.82 Å². The molecular formula is C25H26ClF3N6O2. The van der Waals surface area contributed by atoms with Gasteiger partial charge in [0.1, 0.15) is 17.3 Å². The molecule has 1 atom stereocenters. The van der Waals surface area contributed by atoms with Gasteiger partial charge in [0.25, 0.3) is 0 Å². The van der Waals surface area contributed by atoms with E-state index in [9.17, 15) is 18.3 Å². The van der Waals surface area contributed by atoms with Gasteiger partial charge in [0, 0.05) is 31.0 Å². The number of pyridine rings is 1. The Labute approximate surface area is 216 Å². The monoisotopic (exact) mass is 534 g/mol. The maximum atomic E-state index is 12.5. The van der Waals surface area contributed by atoms with Crippen LogP contribution in [0.4, 0.5) is 13.2 Å². The number of aliphatic hydroxyl groups is 1. The Morgan fingerprint density at radius 2 is 1.95 bits per heavy atom. The largest absolute Gasteiger partial charge is 0.481 e. The highest BCUT2D eigenvalue weighted by Crippen LogP contribution is 2.47. The van der Waals surface area contributed by atoms with Gasteiger partial charge in [-0.1, -0.05) is 17.7 Å². The van der Waals surface area contributed by atoms with Gasteiger partial charge in [0.05, 0.1) is 29.5 Å². The fraction of sp³-hybridized carbons (Fsp3) is 0.400. The second kappa shape index (κ2) is 9.00. The molecule has 1 aromatic carbocycles. The van der Waals surface area contributed by atoms with Crippen LogP contribution in [0.1, 0.15) is 47.0 Å². The van der Waals surface area contributed by atoms with E-state index in [4.69, 9.17) is 16.3 Å². The average Bonchev–Trinajstić information content (AvgIpc) is 3.45. The zero-order valence-corrected chi connectivity index (χ0v) is 21.5. The number of rotatable bonds is 7. The van der Waals surface area contributed by atoms with E-state index in [1.807, 2.05) is 30.0 Å². The average molecular weight is 535 g/mol. The lowest BCUT2D eigenvalue weighted by Crippen LogP contribution is -2.29. The van der Waals surface area contributed by atoms with Gasteiger partial charge in [-0.15, -0.1) is 0 Å². The molecule has 5 rings (SSSR count). The van der Waals surface area contributed by atoms with Crippen LogP contribution in [0, 0.1) is 13.8 Å². The zero-order valence-electron chi connectivity index (χ0n) is 20.7. The quantitative estimate of drug-likeness (QED) is 0.340. The lowest BCUT2D eigenvalue weighted by atomic mass is 9.88. The van der Waals surface area contributed by atoms with Crippen molar-refractivity contribution in [1.29, 1.82) is 0 Å². The van der Waals surface area contributed by atoms with Crippen molar-refractivity contribution in [3.05, 3.63) is 63.6 Å². The van der Waals surface area contributed by atoms with E-state index in [1.54, 1.807) is 24.4 Å². The van der Waals surface area contributed by atoms with E-state index in [1.165, 1.54) is 7.11 Å². The van der Waals surface area contributed by atoms with Crippen molar-refractivity contribution in [2.45, 2.75) is 45.0 Å². The van der Waals surface area contributed by atoms with Gasteiger partial charge in [-0.3, -0.25) is 4.57 Å². The smallest absolute Gasteiger partial charge is 0.389 e. The number of alkyl halides is 3. The molecule has 0 amide bonds. The Bertz CT molecular complexity index is 1510. The lowest BCUT2D eigenvalue weighted by Gasteiger charge is -2.25. The summed E-state index contributed by atoms with van der Waals surface area (Å²) in [7, 11) is 3.31. The molecule has 12 heteroatoms. The maximum Gasteiger partial charge on any atom is 0.389 e. The SMILES string of the molecule is COc1nc2ccc(C3(O)c4c(nc(C)n4C)-n4c3cnc4C)cc2c(Cl)c1CNCCCC(F)(F)F. The molecule has 0 spiro atoms. The molecule has 0 aliphatic carbocycles. The summed E-state index contributed by atoms with van der Waals surface area (Å²) >= 11 is 6.82. The van der Waals surface area contributed by atoms with Crippen LogP contribution in [-0.2, 0) is 19.2 Å². The predicted molar refractivity (Wildman–Crippen MR) is 132 cm³/mol. The maximum absolute atomic E-state index is 12.5. The summed E-state index contributed by atoms with van der Waals surface area (Å²) in [4.78, 5) is 13.6. The van der Waals surface area contributed by atoms with Crippen LogP contribution in [0.2, 0.25) is 5.02 Å². The number of imidazole rings is 2. The number of aryl methyl sites for hydroxylation is 2. The third-order valence-corrected chi connectivity index (χ3v) is 7.30. The lowest BCUT2D eigenvalue weighted by molar-refractivity contribution is -0.135. The summed E-state index contributed by atoms with van der Waals surface area (Å²) in [6.07, 6.45) is -3.48. The van der Waals surface area contributed by atoms with Gasteiger partial charge in [-0.2, -0.15) is 13.2 Å². The van der Waals surface area contributed by atoms with Crippen LogP contribution in [0.5, 0.6) is 5.88 Å². The Hall–Kier alpha value is -3.15. The molecule has 4 aromatic rings. The third-order valence-electron chi connectivity index (χ3n) is 6.87. The first-order valence-corrected chi connectivity index (χ1v) is 12.1. The van der Waals surface area contributed by atoms with Gasteiger partial charge in [0.15, 0.2) is 11.4 Å². The summed E-state index contributed by atoms with van der Waals surface area (Å²) in [6, 6.07) is 5.32. The van der Waals surface area contributed by atoms with Crippen LogP contribution in [0.25, 0.3) is 16.7 Å². The topological polar surface area (TPSA) is 90.0 Å². The normalized spacial score (nSPS) is 16.9. The molecule has 0 fully saturated rings. The van der Waals surface area contributed by atoms with Crippen molar-refractivity contribution < 1.29 is 23.0 Å². The number of aromatic nitrogens is 5. The number of hydrogen-bond donors (Lipinski definition) is 2. The Balaban J connectivity index is 1.57.